The quantitative estimate of drug-likeness (QED) is 0.158. The molecule has 0 aliphatic heterocycles. The molecule has 0 amide bonds. The highest BCUT2D eigenvalue weighted by molar-refractivity contribution is 5.62. The Morgan fingerprint density at radius 2 is 0.524 bits per heavy atom. The molecule has 0 heterocycles. The lowest BCUT2D eigenvalue weighted by Gasteiger charge is -2.18. The Morgan fingerprint density at radius 3 is 0.667 bits per heavy atom. The smallest absolute Gasteiger partial charge is 0.0639 e. The first-order valence-corrected chi connectivity index (χ1v) is 17.4. The molecule has 0 atom stereocenters. The lowest BCUT2D eigenvalue weighted by molar-refractivity contribution is 0.772. The summed E-state index contributed by atoms with van der Waals surface area (Å²) in [6, 6.07) is 25.9. The second-order valence-electron chi connectivity index (χ2n) is 11.2. The van der Waals surface area contributed by atoms with Gasteiger partial charge in [0, 0.05) is 16.7 Å². The molecule has 0 saturated heterocycles. The van der Waals surface area contributed by atoms with Crippen LogP contribution < -0.4 is 0 Å². The molecule has 3 aromatic rings. The van der Waals surface area contributed by atoms with Crippen LogP contribution in [0.25, 0.3) is 0 Å². The Kier molecular flexibility index (Phi) is 29.8. The molecule has 0 fully saturated rings. The van der Waals surface area contributed by atoms with E-state index in [4.69, 9.17) is 0 Å². The standard InChI is InChI=1S/C22H21.4C5H12/c1-16-10-4-7-13-19(16)22(20-14-8-5-11-17(20)2)21-15-9-6-12-18(21)3;4*1-3-5-4-2/h4-15H,1-3H3;4*3-5H2,1-2H3/q+1;;;;. The Labute approximate surface area is 264 Å². The SMILES string of the molecule is CCCCC.CCCCC.CCCCC.CCCCC.Cc1ccccc1[C+](c1ccccc1C)c1ccccc1C. The van der Waals surface area contributed by atoms with E-state index in [2.05, 4.69) is 149 Å². The van der Waals surface area contributed by atoms with Gasteiger partial charge in [0.05, 0.1) is 22.6 Å². The van der Waals surface area contributed by atoms with Gasteiger partial charge in [0.2, 0.25) is 0 Å². The normalized spacial score (nSPS) is 9.50. The lowest BCUT2D eigenvalue weighted by atomic mass is 9.80. The molecular weight excluding hydrogens is 504 g/mol. The van der Waals surface area contributed by atoms with Crippen molar-refractivity contribution in [2.24, 2.45) is 0 Å². The molecule has 0 bridgehead atoms. The van der Waals surface area contributed by atoms with Gasteiger partial charge in [0.15, 0.2) is 0 Å². The molecule has 42 heavy (non-hydrogen) atoms. The van der Waals surface area contributed by atoms with Gasteiger partial charge >= 0.3 is 0 Å². The van der Waals surface area contributed by atoms with Crippen LogP contribution in [-0.2, 0) is 0 Å². The molecule has 0 nitrogen and oxygen atoms in total. The zero-order valence-corrected chi connectivity index (χ0v) is 29.9. The number of benzene rings is 3. The topological polar surface area (TPSA) is 0 Å². The number of hydrogen-bond acceptors (Lipinski definition) is 0. The summed E-state index contributed by atoms with van der Waals surface area (Å²) in [5.74, 6) is 1.33. The monoisotopic (exact) mass is 574 g/mol. The highest BCUT2D eigenvalue weighted by Gasteiger charge is 2.26. The minimum atomic E-state index is 1.31. The summed E-state index contributed by atoms with van der Waals surface area (Å²) in [4.78, 5) is 0. The third-order valence-corrected chi connectivity index (χ3v) is 7.07. The van der Waals surface area contributed by atoms with Gasteiger partial charge < -0.3 is 0 Å². The minimum absolute atomic E-state index is 1.31. The fraction of sp³-hybridized carbons (Fsp3) is 0.548. The van der Waals surface area contributed by atoms with E-state index in [1.807, 2.05) is 0 Å². The number of unbranched alkanes of at least 4 members (excludes halogenated alkanes) is 8. The van der Waals surface area contributed by atoms with Crippen molar-refractivity contribution < 1.29 is 0 Å². The number of hydrogen-bond donors (Lipinski definition) is 0. The fourth-order valence-corrected chi connectivity index (χ4v) is 4.41. The van der Waals surface area contributed by atoms with Crippen LogP contribution in [0.4, 0.5) is 0 Å². The Morgan fingerprint density at radius 1 is 0.333 bits per heavy atom. The zero-order chi connectivity index (χ0) is 32.0. The average Bonchev–Trinajstić information content (AvgIpc) is 2.99. The zero-order valence-electron chi connectivity index (χ0n) is 29.9. The molecule has 3 aromatic carbocycles. The second-order valence-corrected chi connectivity index (χ2v) is 11.2. The van der Waals surface area contributed by atoms with Crippen LogP contribution in [0.2, 0.25) is 0 Å². The summed E-state index contributed by atoms with van der Waals surface area (Å²) >= 11 is 0. The summed E-state index contributed by atoms with van der Waals surface area (Å²) in [5.41, 5.74) is 7.86. The minimum Gasteiger partial charge on any atom is -0.0654 e. The maximum absolute atomic E-state index is 2.23. The van der Waals surface area contributed by atoms with Gasteiger partial charge in [-0.05, 0) is 75.4 Å². The van der Waals surface area contributed by atoms with Crippen LogP contribution in [0, 0.1) is 26.7 Å². The van der Waals surface area contributed by atoms with E-state index >= 15 is 0 Å². The molecule has 0 saturated carbocycles. The highest BCUT2D eigenvalue weighted by atomic mass is 14.2. The molecule has 236 valence electrons. The first-order valence-electron chi connectivity index (χ1n) is 17.4. The lowest BCUT2D eigenvalue weighted by Crippen LogP contribution is -2.09. The number of rotatable bonds is 11. The second kappa shape index (κ2) is 30.0. The predicted octanol–water partition coefficient (Wildman–Crippen LogP) is 14.4. The maximum atomic E-state index is 2.23. The van der Waals surface area contributed by atoms with Gasteiger partial charge in [-0.2, -0.15) is 0 Å². The van der Waals surface area contributed by atoms with Crippen molar-refractivity contribution in [3.05, 3.63) is 112 Å². The Bertz CT molecular complexity index is 827. The van der Waals surface area contributed by atoms with E-state index < -0.39 is 0 Å². The summed E-state index contributed by atoms with van der Waals surface area (Å²) < 4.78 is 0. The van der Waals surface area contributed by atoms with Gasteiger partial charge in [-0.25, -0.2) is 0 Å². The molecule has 0 radical (unpaired) electrons. The Hall–Kier alpha value is -2.47. The van der Waals surface area contributed by atoms with Crippen LogP contribution in [0.5, 0.6) is 0 Å². The van der Waals surface area contributed by atoms with Crippen molar-refractivity contribution in [1.29, 1.82) is 0 Å². The van der Waals surface area contributed by atoms with Crippen molar-refractivity contribution in [2.45, 2.75) is 153 Å². The summed E-state index contributed by atoms with van der Waals surface area (Å²) in [6.45, 7) is 24.3. The van der Waals surface area contributed by atoms with E-state index in [0.29, 0.717) is 0 Å². The van der Waals surface area contributed by atoms with Crippen LogP contribution in [0.1, 0.15) is 166 Å². The summed E-state index contributed by atoms with van der Waals surface area (Å²) in [7, 11) is 0. The molecular formula is C42H69+. The first kappa shape index (κ1) is 41.7. The van der Waals surface area contributed by atoms with Gasteiger partial charge in [0.1, 0.15) is 0 Å². The van der Waals surface area contributed by atoms with Gasteiger partial charge in [-0.1, -0.05) is 151 Å². The van der Waals surface area contributed by atoms with Crippen molar-refractivity contribution >= 4 is 0 Å². The molecule has 0 aliphatic carbocycles. The van der Waals surface area contributed by atoms with Crippen LogP contribution in [0.15, 0.2) is 72.8 Å². The van der Waals surface area contributed by atoms with E-state index in [-0.39, 0.29) is 0 Å². The van der Waals surface area contributed by atoms with Gasteiger partial charge in [0.25, 0.3) is 0 Å². The fourth-order valence-electron chi connectivity index (χ4n) is 4.41. The highest BCUT2D eigenvalue weighted by Crippen LogP contribution is 2.35. The summed E-state index contributed by atoms with van der Waals surface area (Å²) in [5, 5.41) is 0. The third-order valence-electron chi connectivity index (χ3n) is 7.07. The molecule has 0 spiro atoms. The van der Waals surface area contributed by atoms with E-state index in [9.17, 15) is 0 Å². The van der Waals surface area contributed by atoms with E-state index in [0.717, 1.165) is 0 Å². The van der Waals surface area contributed by atoms with E-state index in [1.165, 1.54) is 116 Å². The third kappa shape index (κ3) is 19.6. The molecule has 0 N–H and O–H groups in total. The van der Waals surface area contributed by atoms with Crippen molar-refractivity contribution in [2.75, 3.05) is 0 Å². The molecule has 0 heteroatoms. The van der Waals surface area contributed by atoms with Crippen LogP contribution >= 0.6 is 0 Å². The average molecular weight is 574 g/mol. The molecule has 0 aliphatic rings. The molecule has 0 unspecified atom stereocenters. The van der Waals surface area contributed by atoms with E-state index in [1.54, 1.807) is 0 Å². The van der Waals surface area contributed by atoms with Gasteiger partial charge in [-0.3, -0.25) is 0 Å². The largest absolute Gasteiger partial charge is 0.0654 e. The summed E-state index contributed by atoms with van der Waals surface area (Å²) in [6.07, 6.45) is 16.3. The number of aryl methyl sites for hydroxylation is 3. The molecule has 3 rings (SSSR count). The van der Waals surface area contributed by atoms with Gasteiger partial charge in [-0.15, -0.1) is 0 Å². The predicted molar refractivity (Wildman–Crippen MR) is 195 cm³/mol. The van der Waals surface area contributed by atoms with Crippen molar-refractivity contribution in [3.63, 3.8) is 0 Å². The van der Waals surface area contributed by atoms with Crippen LogP contribution in [0.3, 0.4) is 0 Å². The first-order chi connectivity index (χ1) is 20.3. The maximum Gasteiger partial charge on any atom is 0.0639 e. The van der Waals surface area contributed by atoms with Crippen molar-refractivity contribution in [3.8, 4) is 0 Å². The van der Waals surface area contributed by atoms with Crippen LogP contribution in [-0.4, -0.2) is 0 Å². The van der Waals surface area contributed by atoms with Crippen molar-refractivity contribution in [1.82, 2.24) is 0 Å². The Balaban J connectivity index is 0. The molecule has 0 aromatic heterocycles.